The molecule has 40 heavy (non-hydrogen) atoms. The minimum Gasteiger partial charge on any atom is -0.0563 e. The second-order valence-corrected chi connectivity index (χ2v) is 12.3. The smallest absolute Gasteiger partial charge is 0.00666 e. The van der Waals surface area contributed by atoms with Crippen LogP contribution in [0.3, 0.4) is 0 Å². The maximum Gasteiger partial charge on any atom is -0.00666 e. The summed E-state index contributed by atoms with van der Waals surface area (Å²) in [5.41, 5.74) is 23.6. The van der Waals surface area contributed by atoms with Gasteiger partial charge in [0.1, 0.15) is 0 Å². The van der Waals surface area contributed by atoms with Crippen molar-refractivity contribution in [3.8, 4) is 44.5 Å². The number of benzene rings is 5. The zero-order valence-electron chi connectivity index (χ0n) is 25.9. The summed E-state index contributed by atoms with van der Waals surface area (Å²) in [7, 11) is 0. The lowest BCUT2D eigenvalue weighted by atomic mass is 9.77. The molecule has 0 atom stereocenters. The van der Waals surface area contributed by atoms with E-state index in [1.54, 1.807) is 0 Å². The highest BCUT2D eigenvalue weighted by Gasteiger charge is 2.24. The topological polar surface area (TPSA) is 0 Å². The Morgan fingerprint density at radius 3 is 0.525 bits per heavy atom. The van der Waals surface area contributed by atoms with Crippen LogP contribution >= 0.6 is 0 Å². The molecular weight excluding hydrogens is 480 g/mol. The Morgan fingerprint density at radius 2 is 0.375 bits per heavy atom. The van der Waals surface area contributed by atoms with Gasteiger partial charge < -0.3 is 0 Å². The quantitative estimate of drug-likeness (QED) is 0.220. The van der Waals surface area contributed by atoms with Crippen LogP contribution in [0.2, 0.25) is 0 Å². The third-order valence-corrected chi connectivity index (χ3v) is 8.04. The lowest BCUT2D eigenvalue weighted by Gasteiger charge is -2.26. The molecule has 0 heterocycles. The molecule has 0 nitrogen and oxygen atoms in total. The third-order valence-electron chi connectivity index (χ3n) is 8.04. The highest BCUT2D eigenvalue weighted by molar-refractivity contribution is 6.01. The van der Waals surface area contributed by atoms with Gasteiger partial charge in [0, 0.05) is 0 Å². The van der Waals surface area contributed by atoms with E-state index in [4.69, 9.17) is 0 Å². The average Bonchev–Trinajstić information content (AvgIpc) is 2.82. The van der Waals surface area contributed by atoms with Gasteiger partial charge in [-0.05, 0) is 125 Å². The van der Waals surface area contributed by atoms with E-state index >= 15 is 0 Å². The van der Waals surface area contributed by atoms with Crippen molar-refractivity contribution in [1.82, 2.24) is 0 Å². The normalized spacial score (nSPS) is 11.2. The van der Waals surface area contributed by atoms with Crippen LogP contribution < -0.4 is 0 Å². The van der Waals surface area contributed by atoms with Crippen LogP contribution in [0.4, 0.5) is 0 Å². The molecule has 0 saturated heterocycles. The van der Waals surface area contributed by atoms with Crippen molar-refractivity contribution in [3.05, 3.63) is 128 Å². The molecule has 0 spiro atoms. The van der Waals surface area contributed by atoms with Crippen molar-refractivity contribution in [2.75, 3.05) is 0 Å². The average molecular weight is 523 g/mol. The molecule has 0 aliphatic rings. The molecule has 0 aliphatic heterocycles. The maximum absolute atomic E-state index is 2.36. The first-order valence-electron chi connectivity index (χ1n) is 14.4. The minimum absolute atomic E-state index is 1.30. The number of rotatable bonds is 4. The van der Waals surface area contributed by atoms with Crippen LogP contribution in [-0.4, -0.2) is 0 Å². The first-order chi connectivity index (χ1) is 18.9. The molecule has 0 bridgehead atoms. The summed E-state index contributed by atoms with van der Waals surface area (Å²) in [5, 5.41) is 0. The summed E-state index contributed by atoms with van der Waals surface area (Å²) in [6.07, 6.45) is 0. The van der Waals surface area contributed by atoms with Crippen LogP contribution in [0.25, 0.3) is 44.5 Å². The molecule has 0 amide bonds. The van der Waals surface area contributed by atoms with Crippen molar-refractivity contribution in [3.63, 3.8) is 0 Å². The van der Waals surface area contributed by atoms with Crippen LogP contribution in [0.5, 0.6) is 0 Å². The molecule has 0 saturated carbocycles. The van der Waals surface area contributed by atoms with Crippen molar-refractivity contribution in [2.45, 2.75) is 69.2 Å². The lowest BCUT2D eigenvalue weighted by Crippen LogP contribution is -2.02. The largest absolute Gasteiger partial charge is 0.0563 e. The van der Waals surface area contributed by atoms with Crippen LogP contribution in [0.15, 0.2) is 72.8 Å². The van der Waals surface area contributed by atoms with Gasteiger partial charge in [-0.1, -0.05) is 117 Å². The molecular formula is C40H42. The Hall–Kier alpha value is -3.90. The van der Waals surface area contributed by atoms with Gasteiger partial charge in [0.15, 0.2) is 0 Å². The van der Waals surface area contributed by atoms with Gasteiger partial charge in [-0.15, -0.1) is 0 Å². The fourth-order valence-electron chi connectivity index (χ4n) is 6.92. The maximum atomic E-state index is 2.36. The van der Waals surface area contributed by atoms with Crippen molar-refractivity contribution < 1.29 is 0 Å². The van der Waals surface area contributed by atoms with E-state index in [0.717, 1.165) is 0 Å². The minimum atomic E-state index is 1.30. The van der Waals surface area contributed by atoms with Crippen molar-refractivity contribution in [1.29, 1.82) is 0 Å². The van der Waals surface area contributed by atoms with E-state index in [-0.39, 0.29) is 0 Å². The van der Waals surface area contributed by atoms with E-state index in [2.05, 4.69) is 142 Å². The summed E-state index contributed by atoms with van der Waals surface area (Å²) in [5.74, 6) is 0. The molecule has 0 heteroatoms. The van der Waals surface area contributed by atoms with Gasteiger partial charge in [-0.2, -0.15) is 0 Å². The van der Waals surface area contributed by atoms with Gasteiger partial charge in [0.05, 0.1) is 0 Å². The number of aryl methyl sites for hydroxylation is 8. The SMILES string of the molecule is Cc1cc(C)cc(-c2c(C)c(-c3cc(C)cc(C)c3)c(-c3cc(C)cc(C)c3)c(C)c2-c2cc(C)cc(C)c2)c1. The van der Waals surface area contributed by atoms with Crippen LogP contribution in [0.1, 0.15) is 55.6 Å². The lowest BCUT2D eigenvalue weighted by molar-refractivity contribution is 1.32. The summed E-state index contributed by atoms with van der Waals surface area (Å²) in [6.45, 7) is 22.4. The summed E-state index contributed by atoms with van der Waals surface area (Å²) in [4.78, 5) is 0. The second kappa shape index (κ2) is 10.6. The number of hydrogen-bond acceptors (Lipinski definition) is 0. The fourth-order valence-corrected chi connectivity index (χ4v) is 6.92. The zero-order chi connectivity index (χ0) is 28.9. The Kier molecular flexibility index (Phi) is 7.32. The molecule has 202 valence electrons. The van der Waals surface area contributed by atoms with Crippen molar-refractivity contribution in [2.24, 2.45) is 0 Å². The Morgan fingerprint density at radius 1 is 0.225 bits per heavy atom. The van der Waals surface area contributed by atoms with Crippen LogP contribution in [0, 0.1) is 69.2 Å². The second-order valence-electron chi connectivity index (χ2n) is 12.3. The first kappa shape index (κ1) is 27.7. The Labute approximate surface area is 241 Å². The first-order valence-corrected chi connectivity index (χ1v) is 14.4. The molecule has 0 unspecified atom stereocenters. The molecule has 5 aromatic rings. The van der Waals surface area contributed by atoms with Gasteiger partial charge in [0.25, 0.3) is 0 Å². The van der Waals surface area contributed by atoms with E-state index in [1.807, 2.05) is 0 Å². The van der Waals surface area contributed by atoms with Crippen LogP contribution in [-0.2, 0) is 0 Å². The fraction of sp³-hybridized carbons (Fsp3) is 0.250. The van der Waals surface area contributed by atoms with E-state index in [9.17, 15) is 0 Å². The standard InChI is InChI=1S/C40H42/c1-23-11-24(2)16-33(15-23)37-31(9)39(35-19-27(5)13-28(6)20-35)40(36-21-29(7)14-30(8)22-36)32(10)38(37)34-17-25(3)12-26(4)18-34/h11-22H,1-10H3. The highest BCUT2D eigenvalue weighted by Crippen LogP contribution is 2.49. The third kappa shape index (κ3) is 5.28. The van der Waals surface area contributed by atoms with Gasteiger partial charge in [0.2, 0.25) is 0 Å². The van der Waals surface area contributed by atoms with Gasteiger partial charge in [-0.25, -0.2) is 0 Å². The Bertz CT molecular complexity index is 1440. The zero-order valence-corrected chi connectivity index (χ0v) is 25.9. The van der Waals surface area contributed by atoms with Crippen molar-refractivity contribution >= 4 is 0 Å². The molecule has 0 radical (unpaired) electrons. The van der Waals surface area contributed by atoms with E-state index in [0.29, 0.717) is 0 Å². The highest BCUT2D eigenvalue weighted by atomic mass is 14.3. The predicted octanol–water partition coefficient (Wildman–Crippen LogP) is 11.4. The van der Waals surface area contributed by atoms with E-state index < -0.39 is 0 Å². The molecule has 0 N–H and O–H groups in total. The van der Waals surface area contributed by atoms with Gasteiger partial charge in [-0.3, -0.25) is 0 Å². The summed E-state index contributed by atoms with van der Waals surface area (Å²) >= 11 is 0. The summed E-state index contributed by atoms with van der Waals surface area (Å²) < 4.78 is 0. The Balaban J connectivity index is 2.04. The van der Waals surface area contributed by atoms with E-state index in [1.165, 1.54) is 100 Å². The molecule has 5 aromatic carbocycles. The number of hydrogen-bond donors (Lipinski definition) is 0. The van der Waals surface area contributed by atoms with Gasteiger partial charge >= 0.3 is 0 Å². The molecule has 0 fully saturated rings. The molecule has 0 aromatic heterocycles. The summed E-state index contributed by atoms with van der Waals surface area (Å²) in [6, 6.07) is 28.0. The molecule has 5 rings (SSSR count). The molecule has 0 aliphatic carbocycles. The monoisotopic (exact) mass is 522 g/mol. The predicted molar refractivity (Wildman–Crippen MR) is 176 cm³/mol.